The van der Waals surface area contributed by atoms with Crippen LogP contribution in [0.2, 0.25) is 0 Å². The fraction of sp³-hybridized carbons (Fsp3) is 0.786. The summed E-state index contributed by atoms with van der Waals surface area (Å²) in [7, 11) is 0. The lowest BCUT2D eigenvalue weighted by Crippen LogP contribution is -2.40. The molecule has 2 aliphatic heterocycles. The average Bonchev–Trinajstić information content (AvgIpc) is 3.05. The molecule has 0 spiro atoms. The predicted octanol–water partition coefficient (Wildman–Crippen LogP) is 0.930. The SMILES string of the molecule is CCCCOC(=O)N1CCC(N2CC(C(=O)O)CC2=O)C1. The van der Waals surface area contributed by atoms with Crippen molar-refractivity contribution < 1.29 is 24.2 Å². The van der Waals surface area contributed by atoms with E-state index in [1.165, 1.54) is 0 Å². The third kappa shape index (κ3) is 3.65. The van der Waals surface area contributed by atoms with Crippen molar-refractivity contribution in [2.75, 3.05) is 26.2 Å². The lowest BCUT2D eigenvalue weighted by molar-refractivity contribution is -0.141. The fourth-order valence-electron chi connectivity index (χ4n) is 2.81. The van der Waals surface area contributed by atoms with Crippen molar-refractivity contribution in [3.63, 3.8) is 0 Å². The van der Waals surface area contributed by atoms with Crippen LogP contribution in [0.3, 0.4) is 0 Å². The maximum Gasteiger partial charge on any atom is 0.409 e. The van der Waals surface area contributed by atoms with E-state index >= 15 is 0 Å². The van der Waals surface area contributed by atoms with Crippen LogP contribution in [0.25, 0.3) is 0 Å². The van der Waals surface area contributed by atoms with Crippen LogP contribution in [0.1, 0.15) is 32.6 Å². The quantitative estimate of drug-likeness (QED) is 0.763. The summed E-state index contributed by atoms with van der Waals surface area (Å²) in [5, 5.41) is 8.99. The van der Waals surface area contributed by atoms with E-state index in [-0.39, 0.29) is 31.0 Å². The number of rotatable bonds is 5. The lowest BCUT2D eigenvalue weighted by atomic mass is 10.1. The van der Waals surface area contributed by atoms with Crippen molar-refractivity contribution in [2.24, 2.45) is 5.92 Å². The molecule has 21 heavy (non-hydrogen) atoms. The molecular formula is C14H22N2O5. The second-order valence-corrected chi connectivity index (χ2v) is 5.64. The summed E-state index contributed by atoms with van der Waals surface area (Å²) in [5.41, 5.74) is 0. The first-order chi connectivity index (χ1) is 10.0. The Balaban J connectivity index is 1.83. The van der Waals surface area contributed by atoms with Crippen LogP contribution in [0, 0.1) is 5.92 Å². The van der Waals surface area contributed by atoms with Crippen LogP contribution in [-0.4, -0.2) is 65.2 Å². The smallest absolute Gasteiger partial charge is 0.409 e. The van der Waals surface area contributed by atoms with Crippen LogP contribution in [-0.2, 0) is 14.3 Å². The Labute approximate surface area is 123 Å². The Bertz CT molecular complexity index is 426. The molecule has 0 saturated carbocycles. The molecule has 2 amide bonds. The molecule has 2 heterocycles. The minimum Gasteiger partial charge on any atom is -0.481 e. The summed E-state index contributed by atoms with van der Waals surface area (Å²) in [4.78, 5) is 37.9. The van der Waals surface area contributed by atoms with E-state index < -0.39 is 11.9 Å². The van der Waals surface area contributed by atoms with Crippen molar-refractivity contribution in [2.45, 2.75) is 38.6 Å². The third-order valence-corrected chi connectivity index (χ3v) is 4.09. The monoisotopic (exact) mass is 298 g/mol. The number of ether oxygens (including phenoxy) is 1. The molecule has 0 aliphatic carbocycles. The molecule has 2 fully saturated rings. The molecule has 2 saturated heterocycles. The van der Waals surface area contributed by atoms with Gasteiger partial charge in [0.2, 0.25) is 5.91 Å². The molecule has 0 aromatic heterocycles. The Morgan fingerprint density at radius 3 is 2.76 bits per heavy atom. The first-order valence-electron chi connectivity index (χ1n) is 7.47. The number of carbonyl (C=O) groups is 3. The van der Waals surface area contributed by atoms with Gasteiger partial charge in [-0.15, -0.1) is 0 Å². The first-order valence-corrected chi connectivity index (χ1v) is 7.47. The summed E-state index contributed by atoms with van der Waals surface area (Å²) in [6.07, 6.45) is 2.21. The summed E-state index contributed by atoms with van der Waals surface area (Å²) in [6, 6.07) is -0.0828. The number of carboxylic acid groups (broad SMARTS) is 1. The van der Waals surface area contributed by atoms with Crippen LogP contribution in [0.4, 0.5) is 4.79 Å². The molecular weight excluding hydrogens is 276 g/mol. The maximum absolute atomic E-state index is 11.9. The minimum atomic E-state index is -0.931. The van der Waals surface area contributed by atoms with Crippen molar-refractivity contribution in [3.05, 3.63) is 0 Å². The van der Waals surface area contributed by atoms with Crippen molar-refractivity contribution in [1.82, 2.24) is 9.80 Å². The molecule has 2 aliphatic rings. The van der Waals surface area contributed by atoms with Crippen LogP contribution in [0.15, 0.2) is 0 Å². The maximum atomic E-state index is 11.9. The number of hydrogen-bond donors (Lipinski definition) is 1. The zero-order chi connectivity index (χ0) is 15.4. The number of hydrogen-bond acceptors (Lipinski definition) is 4. The number of aliphatic carboxylic acids is 1. The number of carbonyl (C=O) groups excluding carboxylic acids is 2. The van der Waals surface area contributed by atoms with Gasteiger partial charge in [-0.3, -0.25) is 9.59 Å². The van der Waals surface area contributed by atoms with Crippen LogP contribution >= 0.6 is 0 Å². The molecule has 0 bridgehead atoms. The number of carboxylic acids is 1. The first kappa shape index (κ1) is 15.6. The topological polar surface area (TPSA) is 87.2 Å². The summed E-state index contributed by atoms with van der Waals surface area (Å²) in [5.74, 6) is -1.68. The van der Waals surface area contributed by atoms with Crippen molar-refractivity contribution in [1.29, 1.82) is 0 Å². The highest BCUT2D eigenvalue weighted by Crippen LogP contribution is 2.25. The van der Waals surface area contributed by atoms with E-state index in [9.17, 15) is 14.4 Å². The van der Waals surface area contributed by atoms with E-state index in [4.69, 9.17) is 9.84 Å². The summed E-state index contributed by atoms with van der Waals surface area (Å²) < 4.78 is 5.15. The number of likely N-dealkylation sites (tertiary alicyclic amines) is 2. The predicted molar refractivity (Wildman–Crippen MR) is 73.7 cm³/mol. The molecule has 0 radical (unpaired) electrons. The standard InChI is InChI=1S/C14H22N2O5/c1-2-3-6-21-14(20)15-5-4-11(9-15)16-8-10(13(18)19)7-12(16)17/h10-11H,2-9H2,1H3,(H,18,19). The fourth-order valence-corrected chi connectivity index (χ4v) is 2.81. The molecule has 2 atom stereocenters. The van der Waals surface area contributed by atoms with Gasteiger partial charge in [-0.25, -0.2) is 4.79 Å². The molecule has 7 nitrogen and oxygen atoms in total. The molecule has 2 unspecified atom stereocenters. The van der Waals surface area contributed by atoms with Gasteiger partial charge in [0.05, 0.1) is 18.6 Å². The Morgan fingerprint density at radius 1 is 1.38 bits per heavy atom. The number of unbranched alkanes of at least 4 members (excludes halogenated alkanes) is 1. The van der Waals surface area contributed by atoms with E-state index in [0.717, 1.165) is 12.8 Å². The van der Waals surface area contributed by atoms with E-state index in [2.05, 4.69) is 0 Å². The molecule has 0 aromatic carbocycles. The second-order valence-electron chi connectivity index (χ2n) is 5.64. The van der Waals surface area contributed by atoms with Gasteiger partial charge in [0.1, 0.15) is 0 Å². The average molecular weight is 298 g/mol. The highest BCUT2D eigenvalue weighted by Gasteiger charge is 2.41. The van der Waals surface area contributed by atoms with E-state index in [1.54, 1.807) is 9.80 Å². The molecule has 0 aromatic rings. The third-order valence-electron chi connectivity index (χ3n) is 4.09. The largest absolute Gasteiger partial charge is 0.481 e. The second kappa shape index (κ2) is 6.78. The minimum absolute atomic E-state index is 0.0623. The van der Waals surface area contributed by atoms with Gasteiger partial charge in [0, 0.05) is 26.1 Å². The Hall–Kier alpha value is -1.79. The molecule has 2 rings (SSSR count). The van der Waals surface area contributed by atoms with Crippen molar-refractivity contribution >= 4 is 18.0 Å². The van der Waals surface area contributed by atoms with Crippen LogP contribution in [0.5, 0.6) is 0 Å². The number of nitrogens with zero attached hydrogens (tertiary/aromatic N) is 2. The molecule has 1 N–H and O–H groups in total. The normalized spacial score (nSPS) is 25.5. The Morgan fingerprint density at radius 2 is 2.14 bits per heavy atom. The van der Waals surface area contributed by atoms with Gasteiger partial charge in [-0.1, -0.05) is 13.3 Å². The van der Waals surface area contributed by atoms with Gasteiger partial charge < -0.3 is 19.6 Å². The molecule has 7 heteroatoms. The zero-order valence-corrected chi connectivity index (χ0v) is 12.3. The van der Waals surface area contributed by atoms with E-state index in [0.29, 0.717) is 26.1 Å². The van der Waals surface area contributed by atoms with Gasteiger partial charge in [0.15, 0.2) is 0 Å². The lowest BCUT2D eigenvalue weighted by Gasteiger charge is -2.24. The summed E-state index contributed by atoms with van der Waals surface area (Å²) in [6.45, 7) is 3.68. The highest BCUT2D eigenvalue weighted by atomic mass is 16.6. The summed E-state index contributed by atoms with van der Waals surface area (Å²) >= 11 is 0. The van der Waals surface area contributed by atoms with E-state index in [1.807, 2.05) is 6.92 Å². The van der Waals surface area contributed by atoms with Gasteiger partial charge >= 0.3 is 12.1 Å². The van der Waals surface area contributed by atoms with Gasteiger partial charge in [-0.2, -0.15) is 0 Å². The van der Waals surface area contributed by atoms with Crippen molar-refractivity contribution in [3.8, 4) is 0 Å². The number of amides is 2. The van der Waals surface area contributed by atoms with Crippen LogP contribution < -0.4 is 0 Å². The zero-order valence-electron chi connectivity index (χ0n) is 12.3. The molecule has 118 valence electrons. The van der Waals surface area contributed by atoms with Gasteiger partial charge in [0.25, 0.3) is 0 Å². The van der Waals surface area contributed by atoms with Gasteiger partial charge in [-0.05, 0) is 12.8 Å². The Kier molecular flexibility index (Phi) is 5.03. The highest BCUT2D eigenvalue weighted by molar-refractivity contribution is 5.86.